The average molecular weight is 239 g/mol. The maximum Gasteiger partial charge on any atom is 0.407 e. The zero-order valence-electron chi connectivity index (χ0n) is 11.5. The highest BCUT2D eigenvalue weighted by Crippen LogP contribution is 2.07. The summed E-state index contributed by atoms with van der Waals surface area (Å²) >= 11 is 0. The maximum absolute atomic E-state index is 10.9. The zero-order chi connectivity index (χ0) is 13.3. The molecule has 0 fully saturated rings. The van der Waals surface area contributed by atoms with Gasteiger partial charge in [0.05, 0.1) is 0 Å². The van der Waals surface area contributed by atoms with Crippen LogP contribution in [0.25, 0.3) is 0 Å². The fraction of sp³-hybridized carbons (Fsp3) is 0.643. The van der Waals surface area contributed by atoms with Gasteiger partial charge in [0, 0.05) is 13.1 Å². The summed E-state index contributed by atoms with van der Waals surface area (Å²) in [6.07, 6.45) is 6.29. The van der Waals surface area contributed by atoms with Crippen LogP contribution < -0.4 is 0 Å². The minimum absolute atomic E-state index is 0.504. The molecule has 0 aromatic heterocycles. The molecule has 0 atom stereocenters. The van der Waals surface area contributed by atoms with Crippen molar-refractivity contribution in [2.45, 2.75) is 47.0 Å². The van der Waals surface area contributed by atoms with Crippen molar-refractivity contribution in [1.29, 1.82) is 0 Å². The van der Waals surface area contributed by atoms with Crippen molar-refractivity contribution in [2.75, 3.05) is 13.1 Å². The van der Waals surface area contributed by atoms with Gasteiger partial charge in [-0.1, -0.05) is 30.2 Å². The summed E-state index contributed by atoms with van der Waals surface area (Å²) < 4.78 is 0. The second-order valence-corrected chi connectivity index (χ2v) is 4.60. The molecule has 0 saturated heterocycles. The Morgan fingerprint density at radius 2 is 1.88 bits per heavy atom. The van der Waals surface area contributed by atoms with E-state index in [1.165, 1.54) is 16.0 Å². The largest absolute Gasteiger partial charge is 0.465 e. The van der Waals surface area contributed by atoms with E-state index in [-0.39, 0.29) is 0 Å². The summed E-state index contributed by atoms with van der Waals surface area (Å²) in [6.45, 7) is 9.34. The molecule has 3 nitrogen and oxygen atoms in total. The van der Waals surface area contributed by atoms with Gasteiger partial charge in [-0.25, -0.2) is 4.79 Å². The van der Waals surface area contributed by atoms with Crippen LogP contribution in [0.4, 0.5) is 4.79 Å². The van der Waals surface area contributed by atoms with Crippen molar-refractivity contribution in [3.63, 3.8) is 0 Å². The predicted molar refractivity (Wildman–Crippen MR) is 72.3 cm³/mol. The fourth-order valence-corrected chi connectivity index (χ4v) is 1.49. The second kappa shape index (κ2) is 8.85. The molecule has 0 saturated carbocycles. The molecule has 0 aliphatic rings. The van der Waals surface area contributed by atoms with E-state index >= 15 is 0 Å². The van der Waals surface area contributed by atoms with E-state index in [1.807, 2.05) is 13.0 Å². The third-order valence-corrected chi connectivity index (χ3v) is 2.52. The minimum Gasteiger partial charge on any atom is -0.465 e. The molecule has 1 N–H and O–H groups in total. The summed E-state index contributed by atoms with van der Waals surface area (Å²) in [5.41, 5.74) is 2.58. The second-order valence-electron chi connectivity index (χ2n) is 4.60. The highest BCUT2D eigenvalue weighted by atomic mass is 16.4. The molecule has 0 heterocycles. The lowest BCUT2D eigenvalue weighted by Gasteiger charge is -2.16. The van der Waals surface area contributed by atoms with Gasteiger partial charge in [-0.05, 0) is 40.0 Å². The Hall–Kier alpha value is -1.25. The first kappa shape index (κ1) is 15.8. The Labute approximate surface area is 105 Å². The Balaban J connectivity index is 4.10. The normalized spacial score (nSPS) is 11.2. The van der Waals surface area contributed by atoms with Crippen molar-refractivity contribution in [3.8, 4) is 0 Å². The number of carbonyl (C=O) groups is 1. The topological polar surface area (TPSA) is 40.5 Å². The van der Waals surface area contributed by atoms with E-state index in [1.54, 1.807) is 0 Å². The van der Waals surface area contributed by atoms with Crippen LogP contribution in [0, 0.1) is 0 Å². The van der Waals surface area contributed by atoms with E-state index in [2.05, 4.69) is 26.8 Å². The number of rotatable bonds is 7. The van der Waals surface area contributed by atoms with Gasteiger partial charge < -0.3 is 10.0 Å². The molecule has 0 bridgehead atoms. The lowest BCUT2D eigenvalue weighted by Crippen LogP contribution is -2.30. The van der Waals surface area contributed by atoms with Gasteiger partial charge in [0.1, 0.15) is 0 Å². The van der Waals surface area contributed by atoms with Crippen LogP contribution in [-0.2, 0) is 0 Å². The molecule has 3 heteroatoms. The Bertz CT molecular complexity index is 289. The number of allylic oxidation sites excluding steroid dienone is 3. The van der Waals surface area contributed by atoms with Crippen LogP contribution in [0.3, 0.4) is 0 Å². The smallest absolute Gasteiger partial charge is 0.407 e. The van der Waals surface area contributed by atoms with Crippen LogP contribution in [-0.4, -0.2) is 29.2 Å². The van der Waals surface area contributed by atoms with Gasteiger partial charge in [-0.2, -0.15) is 0 Å². The van der Waals surface area contributed by atoms with Crippen molar-refractivity contribution in [1.82, 2.24) is 4.90 Å². The van der Waals surface area contributed by atoms with Gasteiger partial charge in [0.25, 0.3) is 0 Å². The molecule has 0 radical (unpaired) electrons. The third-order valence-electron chi connectivity index (χ3n) is 2.52. The molecular weight excluding hydrogens is 214 g/mol. The molecule has 1 amide bonds. The summed E-state index contributed by atoms with van der Waals surface area (Å²) in [6, 6.07) is 0. The maximum atomic E-state index is 10.9. The van der Waals surface area contributed by atoms with Crippen molar-refractivity contribution < 1.29 is 9.90 Å². The third kappa shape index (κ3) is 8.55. The molecule has 0 aromatic rings. The van der Waals surface area contributed by atoms with E-state index in [0.717, 1.165) is 19.3 Å². The van der Waals surface area contributed by atoms with E-state index in [0.29, 0.717) is 13.1 Å². The highest BCUT2D eigenvalue weighted by Gasteiger charge is 2.07. The SMILES string of the molecule is CCCN(C/C=C(\C)CCC=C(C)C)C(=O)O. The standard InChI is InChI=1S/C14H25NO2/c1-5-10-15(14(16)17)11-9-13(4)8-6-7-12(2)3/h7,9H,5-6,8,10-11H2,1-4H3,(H,16,17)/b13-9+. The molecule has 17 heavy (non-hydrogen) atoms. The fourth-order valence-electron chi connectivity index (χ4n) is 1.49. The van der Waals surface area contributed by atoms with Crippen molar-refractivity contribution in [2.24, 2.45) is 0 Å². The van der Waals surface area contributed by atoms with E-state index in [9.17, 15) is 4.79 Å². The quantitative estimate of drug-likeness (QED) is 0.680. The van der Waals surface area contributed by atoms with Crippen LogP contribution in [0.5, 0.6) is 0 Å². The molecule has 0 unspecified atom stereocenters. The Kier molecular flexibility index (Phi) is 8.20. The summed E-state index contributed by atoms with van der Waals surface area (Å²) in [7, 11) is 0. The van der Waals surface area contributed by atoms with Crippen LogP contribution in [0.1, 0.15) is 47.0 Å². The number of hydrogen-bond acceptors (Lipinski definition) is 1. The zero-order valence-corrected chi connectivity index (χ0v) is 11.5. The van der Waals surface area contributed by atoms with Crippen molar-refractivity contribution in [3.05, 3.63) is 23.3 Å². The molecule has 0 spiro atoms. The first-order chi connectivity index (χ1) is 7.97. The number of amides is 1. The number of hydrogen-bond donors (Lipinski definition) is 1. The van der Waals surface area contributed by atoms with Gasteiger partial charge in [0.15, 0.2) is 0 Å². The van der Waals surface area contributed by atoms with E-state index in [4.69, 9.17) is 5.11 Å². The van der Waals surface area contributed by atoms with Gasteiger partial charge >= 0.3 is 6.09 Å². The molecule has 0 aliphatic heterocycles. The monoisotopic (exact) mass is 239 g/mol. The van der Waals surface area contributed by atoms with Crippen molar-refractivity contribution >= 4 is 6.09 Å². The van der Waals surface area contributed by atoms with E-state index < -0.39 is 6.09 Å². The lowest BCUT2D eigenvalue weighted by atomic mass is 10.1. The predicted octanol–water partition coefficient (Wildman–Crippen LogP) is 4.07. The average Bonchev–Trinajstić information content (AvgIpc) is 2.23. The molecular formula is C14H25NO2. The summed E-state index contributed by atoms with van der Waals surface area (Å²) in [5, 5.41) is 8.95. The van der Waals surface area contributed by atoms with Gasteiger partial charge in [-0.15, -0.1) is 0 Å². The Morgan fingerprint density at radius 3 is 2.35 bits per heavy atom. The van der Waals surface area contributed by atoms with Gasteiger partial charge in [-0.3, -0.25) is 0 Å². The number of nitrogens with zero attached hydrogens (tertiary/aromatic N) is 1. The lowest BCUT2D eigenvalue weighted by molar-refractivity contribution is 0.150. The van der Waals surface area contributed by atoms with Crippen LogP contribution in [0.2, 0.25) is 0 Å². The highest BCUT2D eigenvalue weighted by molar-refractivity contribution is 5.65. The molecule has 98 valence electrons. The van der Waals surface area contributed by atoms with Crippen LogP contribution >= 0.6 is 0 Å². The summed E-state index contributed by atoms with van der Waals surface area (Å²) in [4.78, 5) is 12.3. The number of carboxylic acid groups (broad SMARTS) is 1. The molecule has 0 aromatic carbocycles. The van der Waals surface area contributed by atoms with Gasteiger partial charge in [0.2, 0.25) is 0 Å². The minimum atomic E-state index is -0.833. The first-order valence-electron chi connectivity index (χ1n) is 6.24. The molecule has 0 aliphatic carbocycles. The molecule has 0 rings (SSSR count). The Morgan fingerprint density at radius 1 is 1.24 bits per heavy atom. The summed E-state index contributed by atoms with van der Waals surface area (Å²) in [5.74, 6) is 0. The first-order valence-corrected chi connectivity index (χ1v) is 6.24. The van der Waals surface area contributed by atoms with Crippen LogP contribution in [0.15, 0.2) is 23.3 Å².